The number of guanidine groups is 1. The number of nitrogens with zero attached hydrogens (tertiary/aromatic N) is 2. The topological polar surface area (TPSA) is 68.8 Å². The van der Waals surface area contributed by atoms with Crippen LogP contribution in [0.2, 0.25) is 0 Å². The molecular formula is C20H25BrIN5O. The van der Waals surface area contributed by atoms with Crippen molar-refractivity contribution in [2.45, 2.75) is 12.5 Å². The number of nitrogens with one attached hydrogen (secondary N) is 3. The fourth-order valence-corrected chi connectivity index (χ4v) is 3.62. The van der Waals surface area contributed by atoms with E-state index in [-0.39, 0.29) is 42.5 Å². The number of aliphatic imine (C=N–C) groups is 1. The monoisotopic (exact) mass is 557 g/mol. The molecule has 0 aliphatic carbocycles. The molecule has 6 nitrogen and oxygen atoms in total. The van der Waals surface area contributed by atoms with Crippen molar-refractivity contribution in [1.29, 1.82) is 0 Å². The van der Waals surface area contributed by atoms with Crippen molar-refractivity contribution in [1.82, 2.24) is 10.6 Å². The molecule has 8 heteroatoms. The van der Waals surface area contributed by atoms with Gasteiger partial charge in [-0.15, -0.1) is 24.0 Å². The number of carbonyl (C=O) groups excluding carboxylic acids is 1. The Balaban J connectivity index is 0.00000280. The van der Waals surface area contributed by atoms with Gasteiger partial charge in [0.1, 0.15) is 0 Å². The minimum atomic E-state index is -0.106. The van der Waals surface area contributed by atoms with Crippen LogP contribution < -0.4 is 20.9 Å². The van der Waals surface area contributed by atoms with E-state index in [1.807, 2.05) is 42.5 Å². The second kappa shape index (κ2) is 11.3. The van der Waals surface area contributed by atoms with Gasteiger partial charge in [-0.1, -0.05) is 30.3 Å². The number of rotatable bonds is 5. The van der Waals surface area contributed by atoms with Gasteiger partial charge in [0.15, 0.2) is 5.96 Å². The van der Waals surface area contributed by atoms with Crippen molar-refractivity contribution in [2.24, 2.45) is 4.99 Å². The van der Waals surface area contributed by atoms with Crippen molar-refractivity contribution in [3.05, 3.63) is 59.1 Å². The highest BCUT2D eigenvalue weighted by atomic mass is 127. The zero-order valence-corrected chi connectivity index (χ0v) is 19.6. The molecule has 1 aliphatic rings. The average molecular weight is 558 g/mol. The lowest BCUT2D eigenvalue weighted by molar-refractivity contribution is -0.115. The van der Waals surface area contributed by atoms with Crippen molar-refractivity contribution in [3.8, 4) is 0 Å². The lowest BCUT2D eigenvalue weighted by atomic mass is 10.3. The summed E-state index contributed by atoms with van der Waals surface area (Å²) in [7, 11) is 1.71. The van der Waals surface area contributed by atoms with Gasteiger partial charge in [0.25, 0.3) is 0 Å². The van der Waals surface area contributed by atoms with Crippen LogP contribution >= 0.6 is 39.9 Å². The molecule has 1 amide bonds. The fourth-order valence-electron chi connectivity index (χ4n) is 3.08. The molecular weight excluding hydrogens is 533 g/mol. The highest BCUT2D eigenvalue weighted by Gasteiger charge is 2.24. The number of amides is 1. The van der Waals surface area contributed by atoms with E-state index in [4.69, 9.17) is 0 Å². The van der Waals surface area contributed by atoms with E-state index in [1.54, 1.807) is 7.05 Å². The quantitative estimate of drug-likeness (QED) is 0.299. The zero-order valence-electron chi connectivity index (χ0n) is 15.7. The van der Waals surface area contributed by atoms with Crippen molar-refractivity contribution in [2.75, 3.05) is 36.9 Å². The molecule has 150 valence electrons. The van der Waals surface area contributed by atoms with Crippen LogP contribution in [-0.4, -0.2) is 44.6 Å². The second-order valence-corrected chi connectivity index (χ2v) is 7.22. The van der Waals surface area contributed by atoms with Crippen LogP contribution in [-0.2, 0) is 4.79 Å². The molecule has 3 rings (SSSR count). The number of hydrogen-bond acceptors (Lipinski definition) is 3. The predicted molar refractivity (Wildman–Crippen MR) is 130 cm³/mol. The van der Waals surface area contributed by atoms with Crippen LogP contribution in [0.4, 0.5) is 11.4 Å². The van der Waals surface area contributed by atoms with Crippen LogP contribution in [0.5, 0.6) is 0 Å². The molecule has 1 atom stereocenters. The second-order valence-electron chi connectivity index (χ2n) is 6.37. The number of para-hydroxylation sites is 2. The van der Waals surface area contributed by atoms with Crippen molar-refractivity contribution < 1.29 is 4.79 Å². The highest BCUT2D eigenvalue weighted by molar-refractivity contribution is 14.0. The minimum Gasteiger partial charge on any atom is -0.368 e. The average Bonchev–Trinajstić information content (AvgIpc) is 3.14. The molecule has 0 bridgehead atoms. The largest absolute Gasteiger partial charge is 0.368 e. The normalized spacial score (nSPS) is 16.3. The molecule has 3 N–H and O–H groups in total. The molecule has 2 aromatic rings. The first-order valence-electron chi connectivity index (χ1n) is 8.97. The molecule has 0 saturated carbocycles. The predicted octanol–water partition coefficient (Wildman–Crippen LogP) is 3.45. The summed E-state index contributed by atoms with van der Waals surface area (Å²) >= 11 is 3.62. The van der Waals surface area contributed by atoms with Crippen LogP contribution in [0.3, 0.4) is 0 Å². The van der Waals surface area contributed by atoms with Gasteiger partial charge >= 0.3 is 0 Å². The maximum absolute atomic E-state index is 12.1. The number of carbonyl (C=O) groups is 1. The maximum Gasteiger partial charge on any atom is 0.243 e. The van der Waals surface area contributed by atoms with E-state index < -0.39 is 0 Å². The number of halogens is 2. The van der Waals surface area contributed by atoms with E-state index in [0.29, 0.717) is 5.96 Å². The van der Waals surface area contributed by atoms with Crippen LogP contribution in [0, 0.1) is 0 Å². The van der Waals surface area contributed by atoms with E-state index >= 15 is 0 Å². The molecule has 0 aromatic heterocycles. The first-order valence-corrected chi connectivity index (χ1v) is 9.76. The summed E-state index contributed by atoms with van der Waals surface area (Å²) in [5.41, 5.74) is 1.99. The van der Waals surface area contributed by atoms with Crippen molar-refractivity contribution >= 4 is 63.1 Å². The highest BCUT2D eigenvalue weighted by Crippen LogP contribution is 2.28. The van der Waals surface area contributed by atoms with Crippen molar-refractivity contribution in [3.63, 3.8) is 0 Å². The Morgan fingerprint density at radius 3 is 2.61 bits per heavy atom. The summed E-state index contributed by atoms with van der Waals surface area (Å²) < 4.78 is 1.10. The van der Waals surface area contributed by atoms with Gasteiger partial charge in [0, 0.05) is 36.3 Å². The molecule has 2 aromatic carbocycles. The third kappa shape index (κ3) is 6.37. The summed E-state index contributed by atoms with van der Waals surface area (Å²) in [6, 6.07) is 17.9. The van der Waals surface area contributed by atoms with Gasteiger partial charge < -0.3 is 20.9 Å². The Hall–Kier alpha value is -1.81. The standard InChI is InChI=1S/C20H24BrN5O.HI/c1-22-20(23-13-19(27)24-15-7-3-2-4-8-15)25-16-11-12-26(14-16)18-10-6-5-9-17(18)21;/h2-10,16H,11-14H2,1H3,(H,24,27)(H2,22,23,25);1H. The first-order chi connectivity index (χ1) is 13.2. The van der Waals surface area contributed by atoms with Gasteiger partial charge in [-0.25, -0.2) is 0 Å². The van der Waals surface area contributed by atoms with Gasteiger partial charge in [-0.2, -0.15) is 0 Å². The smallest absolute Gasteiger partial charge is 0.243 e. The Labute approximate surface area is 191 Å². The van der Waals surface area contributed by atoms with Crippen LogP contribution in [0.15, 0.2) is 64.1 Å². The van der Waals surface area contributed by atoms with Gasteiger partial charge in [-0.3, -0.25) is 9.79 Å². The number of hydrogen-bond donors (Lipinski definition) is 3. The summed E-state index contributed by atoms with van der Waals surface area (Å²) in [5.74, 6) is 0.530. The summed E-state index contributed by atoms with van der Waals surface area (Å²) in [6.07, 6.45) is 1.01. The summed E-state index contributed by atoms with van der Waals surface area (Å²) in [4.78, 5) is 18.7. The van der Waals surface area contributed by atoms with Gasteiger partial charge in [0.2, 0.25) is 5.91 Å². The Bertz CT molecular complexity index is 802. The molecule has 1 saturated heterocycles. The Morgan fingerprint density at radius 1 is 1.18 bits per heavy atom. The molecule has 1 heterocycles. The fraction of sp³-hybridized carbons (Fsp3) is 0.300. The molecule has 0 radical (unpaired) electrons. The SMILES string of the molecule is CN=C(NCC(=O)Nc1ccccc1)NC1CCN(c2ccccc2Br)C1.I. The van der Waals surface area contributed by atoms with E-state index in [0.717, 1.165) is 29.7 Å². The molecule has 1 fully saturated rings. The van der Waals surface area contributed by atoms with E-state index in [2.05, 4.69) is 53.9 Å². The Morgan fingerprint density at radius 2 is 1.89 bits per heavy atom. The first kappa shape index (κ1) is 22.5. The molecule has 28 heavy (non-hydrogen) atoms. The van der Waals surface area contributed by atoms with Gasteiger partial charge in [0.05, 0.1) is 12.2 Å². The molecule has 1 aliphatic heterocycles. The number of benzene rings is 2. The third-order valence-electron chi connectivity index (χ3n) is 4.42. The number of anilines is 2. The molecule has 0 spiro atoms. The maximum atomic E-state index is 12.1. The van der Waals surface area contributed by atoms with E-state index in [9.17, 15) is 4.79 Å². The Kier molecular flexibility index (Phi) is 9.04. The summed E-state index contributed by atoms with van der Waals surface area (Å²) in [5, 5.41) is 9.34. The third-order valence-corrected chi connectivity index (χ3v) is 5.09. The minimum absolute atomic E-state index is 0. The summed E-state index contributed by atoms with van der Waals surface area (Å²) in [6.45, 7) is 2.03. The van der Waals surface area contributed by atoms with E-state index in [1.165, 1.54) is 5.69 Å². The van der Waals surface area contributed by atoms with Gasteiger partial charge in [-0.05, 0) is 46.6 Å². The van der Waals surface area contributed by atoms with Crippen LogP contribution in [0.25, 0.3) is 0 Å². The lowest BCUT2D eigenvalue weighted by Crippen LogP contribution is -2.46. The van der Waals surface area contributed by atoms with Crippen LogP contribution in [0.1, 0.15) is 6.42 Å². The zero-order chi connectivity index (χ0) is 19.1. The lowest BCUT2D eigenvalue weighted by Gasteiger charge is -2.21. The molecule has 1 unspecified atom stereocenters.